The Labute approximate surface area is 213 Å². The van der Waals surface area contributed by atoms with Crippen LogP contribution in [-0.2, 0) is 22.7 Å². The van der Waals surface area contributed by atoms with Gasteiger partial charge in [-0.15, -0.1) is 0 Å². The predicted octanol–water partition coefficient (Wildman–Crippen LogP) is 3.53. The van der Waals surface area contributed by atoms with Crippen molar-refractivity contribution in [3.8, 4) is 5.75 Å². The van der Waals surface area contributed by atoms with E-state index in [2.05, 4.69) is 5.32 Å². The number of benzene rings is 3. The van der Waals surface area contributed by atoms with E-state index in [-0.39, 0.29) is 24.6 Å². The van der Waals surface area contributed by atoms with Gasteiger partial charge in [0.15, 0.2) is 0 Å². The molecule has 3 aromatic rings. The van der Waals surface area contributed by atoms with E-state index >= 15 is 0 Å². The third-order valence-electron chi connectivity index (χ3n) is 6.11. The van der Waals surface area contributed by atoms with Gasteiger partial charge in [-0.2, -0.15) is 0 Å². The number of likely N-dealkylation sites (tertiary alicyclic amines) is 1. The van der Waals surface area contributed by atoms with Gasteiger partial charge in [0.25, 0.3) is 5.69 Å². The first-order chi connectivity index (χ1) is 17.8. The Hall–Kier alpha value is -4.28. The number of nitrogens with one attached hydrogen (secondary N) is 1. The number of β-amino-alcohol motifs (C(OH)–C–C–N with tert-alkyl or cyclic N) is 1. The molecular weight excluding hydrogens is 478 g/mol. The van der Waals surface area contributed by atoms with Crippen LogP contribution in [0.1, 0.15) is 27.9 Å². The summed E-state index contributed by atoms with van der Waals surface area (Å²) in [5.74, 6) is -0.134. The van der Waals surface area contributed by atoms with Gasteiger partial charge >= 0.3 is 5.97 Å². The molecule has 0 spiro atoms. The molecule has 0 aliphatic carbocycles. The number of hydrogen-bond donors (Lipinski definition) is 2. The van der Waals surface area contributed by atoms with Crippen LogP contribution < -0.4 is 10.1 Å². The average Bonchev–Trinajstić information content (AvgIpc) is 3.28. The number of hydrogen-bond acceptors (Lipinski definition) is 8. The number of aliphatic hydroxyl groups excluding tert-OH is 1. The summed E-state index contributed by atoms with van der Waals surface area (Å²) in [6.07, 6.45) is -0.421. The molecule has 1 aliphatic heterocycles. The van der Waals surface area contributed by atoms with E-state index in [0.29, 0.717) is 30.1 Å². The summed E-state index contributed by atoms with van der Waals surface area (Å²) in [6, 6.07) is 19.1. The molecule has 2 atom stereocenters. The fourth-order valence-electron chi connectivity index (χ4n) is 4.19. The SMILES string of the molecule is COc1ccc(COC(=O)c2cccc(NC(=O)[C@@H]3C[C@@H](O)CN3Cc3ccc([N+](=O)[O-])cc3)c2)cc1. The zero-order valence-electron chi connectivity index (χ0n) is 20.2. The van der Waals surface area contributed by atoms with Crippen molar-refractivity contribution < 1.29 is 29.1 Å². The first-order valence-corrected chi connectivity index (χ1v) is 11.7. The van der Waals surface area contributed by atoms with E-state index in [1.54, 1.807) is 67.8 Å². The molecule has 0 aromatic heterocycles. The second kappa shape index (κ2) is 11.6. The summed E-state index contributed by atoms with van der Waals surface area (Å²) >= 11 is 0. The lowest BCUT2D eigenvalue weighted by Crippen LogP contribution is -2.39. The lowest BCUT2D eigenvalue weighted by molar-refractivity contribution is -0.384. The minimum Gasteiger partial charge on any atom is -0.497 e. The Kier molecular flexibility index (Phi) is 8.11. The molecular formula is C27H27N3O7. The number of aliphatic hydroxyl groups is 1. The third-order valence-corrected chi connectivity index (χ3v) is 6.11. The summed E-state index contributed by atoms with van der Waals surface area (Å²) in [5.41, 5.74) is 2.31. The van der Waals surface area contributed by atoms with Crippen LogP contribution in [0, 0.1) is 10.1 Å². The number of carbonyl (C=O) groups excluding carboxylic acids is 2. The van der Waals surface area contributed by atoms with Gasteiger partial charge < -0.3 is 19.9 Å². The zero-order valence-corrected chi connectivity index (χ0v) is 20.2. The van der Waals surface area contributed by atoms with Crippen LogP contribution in [-0.4, -0.2) is 52.6 Å². The molecule has 10 nitrogen and oxygen atoms in total. The van der Waals surface area contributed by atoms with Crippen molar-refractivity contribution in [1.82, 2.24) is 4.90 Å². The number of methoxy groups -OCH3 is 1. The Morgan fingerprint density at radius 2 is 1.78 bits per heavy atom. The largest absolute Gasteiger partial charge is 0.497 e. The van der Waals surface area contributed by atoms with Crippen molar-refractivity contribution in [2.45, 2.75) is 31.7 Å². The molecule has 0 saturated carbocycles. The lowest BCUT2D eigenvalue weighted by Gasteiger charge is -2.23. The third kappa shape index (κ3) is 6.69. The first-order valence-electron chi connectivity index (χ1n) is 11.7. The normalized spacial score (nSPS) is 17.2. The van der Waals surface area contributed by atoms with Gasteiger partial charge in [-0.05, 0) is 47.9 Å². The fourth-order valence-corrected chi connectivity index (χ4v) is 4.19. The Balaban J connectivity index is 1.37. The summed E-state index contributed by atoms with van der Waals surface area (Å²) in [5, 5.41) is 23.9. The summed E-state index contributed by atoms with van der Waals surface area (Å²) in [4.78, 5) is 37.9. The number of nitro benzene ring substituents is 1. The maximum absolute atomic E-state index is 13.1. The number of rotatable bonds is 9. The van der Waals surface area contributed by atoms with E-state index < -0.39 is 23.0 Å². The summed E-state index contributed by atoms with van der Waals surface area (Å²) in [6.45, 7) is 0.745. The van der Waals surface area contributed by atoms with Crippen molar-refractivity contribution in [2.24, 2.45) is 0 Å². The predicted molar refractivity (Wildman–Crippen MR) is 135 cm³/mol. The van der Waals surface area contributed by atoms with Crippen LogP contribution in [0.5, 0.6) is 5.75 Å². The lowest BCUT2D eigenvalue weighted by atomic mass is 10.1. The van der Waals surface area contributed by atoms with Crippen LogP contribution in [0.3, 0.4) is 0 Å². The maximum atomic E-state index is 13.1. The number of anilines is 1. The maximum Gasteiger partial charge on any atom is 0.338 e. The Morgan fingerprint density at radius 3 is 2.46 bits per heavy atom. The molecule has 10 heteroatoms. The van der Waals surface area contributed by atoms with Crippen molar-refractivity contribution in [3.63, 3.8) is 0 Å². The highest BCUT2D eigenvalue weighted by Crippen LogP contribution is 2.24. The van der Waals surface area contributed by atoms with Crippen LogP contribution in [0.15, 0.2) is 72.8 Å². The fraction of sp³-hybridized carbons (Fsp3) is 0.259. The molecule has 0 radical (unpaired) electrons. The highest BCUT2D eigenvalue weighted by molar-refractivity contribution is 5.97. The second-order valence-electron chi connectivity index (χ2n) is 8.75. The number of ether oxygens (including phenoxy) is 2. The Bertz CT molecular complexity index is 1260. The van der Waals surface area contributed by atoms with Gasteiger partial charge in [-0.25, -0.2) is 4.79 Å². The van der Waals surface area contributed by atoms with Gasteiger partial charge in [0.2, 0.25) is 5.91 Å². The smallest absolute Gasteiger partial charge is 0.338 e. The molecule has 192 valence electrons. The number of non-ortho nitro benzene ring substituents is 1. The number of nitro groups is 1. The average molecular weight is 506 g/mol. The molecule has 4 rings (SSSR count). The van der Waals surface area contributed by atoms with E-state index in [4.69, 9.17) is 9.47 Å². The first kappa shape index (κ1) is 25.8. The van der Waals surface area contributed by atoms with Gasteiger partial charge in [-0.3, -0.25) is 19.8 Å². The number of carbonyl (C=O) groups is 2. The van der Waals surface area contributed by atoms with Crippen molar-refractivity contribution >= 4 is 23.3 Å². The molecule has 1 aliphatic rings. The van der Waals surface area contributed by atoms with Crippen molar-refractivity contribution in [2.75, 3.05) is 19.0 Å². The van der Waals surface area contributed by atoms with Crippen molar-refractivity contribution in [1.29, 1.82) is 0 Å². The summed E-state index contributed by atoms with van der Waals surface area (Å²) < 4.78 is 10.5. The molecule has 0 bridgehead atoms. The topological polar surface area (TPSA) is 131 Å². The molecule has 2 N–H and O–H groups in total. The number of nitrogens with zero attached hydrogens (tertiary/aromatic N) is 2. The number of amides is 1. The minimum atomic E-state index is -0.673. The molecule has 1 amide bonds. The molecule has 1 saturated heterocycles. The molecule has 1 heterocycles. The van der Waals surface area contributed by atoms with Crippen LogP contribution in [0.25, 0.3) is 0 Å². The molecule has 3 aromatic carbocycles. The van der Waals surface area contributed by atoms with Gasteiger partial charge in [0, 0.05) is 30.9 Å². The zero-order chi connectivity index (χ0) is 26.4. The highest BCUT2D eigenvalue weighted by Gasteiger charge is 2.36. The van der Waals surface area contributed by atoms with Gasteiger partial charge in [-0.1, -0.05) is 30.3 Å². The number of esters is 1. The van der Waals surface area contributed by atoms with E-state index in [9.17, 15) is 24.8 Å². The molecule has 37 heavy (non-hydrogen) atoms. The van der Waals surface area contributed by atoms with Crippen LogP contribution >= 0.6 is 0 Å². The highest BCUT2D eigenvalue weighted by atomic mass is 16.6. The Morgan fingerprint density at radius 1 is 1.08 bits per heavy atom. The monoisotopic (exact) mass is 505 g/mol. The van der Waals surface area contributed by atoms with Crippen molar-refractivity contribution in [3.05, 3.63) is 99.6 Å². The van der Waals surface area contributed by atoms with E-state index in [1.807, 2.05) is 4.90 Å². The minimum absolute atomic E-state index is 0.0121. The van der Waals surface area contributed by atoms with Gasteiger partial charge in [0.1, 0.15) is 12.4 Å². The molecule has 0 unspecified atom stereocenters. The van der Waals surface area contributed by atoms with Gasteiger partial charge in [0.05, 0.1) is 29.7 Å². The van der Waals surface area contributed by atoms with Crippen LogP contribution in [0.4, 0.5) is 11.4 Å². The van der Waals surface area contributed by atoms with E-state index in [1.165, 1.54) is 12.1 Å². The second-order valence-corrected chi connectivity index (χ2v) is 8.75. The quantitative estimate of drug-likeness (QED) is 0.257. The van der Waals surface area contributed by atoms with E-state index in [0.717, 1.165) is 11.1 Å². The molecule has 1 fully saturated rings. The standard InChI is InChI=1S/C27H27N3O7/c1-36-24-11-7-19(8-12-24)17-37-27(33)20-3-2-4-21(13-20)28-26(32)25-14-23(31)16-29(25)15-18-5-9-22(10-6-18)30(34)35/h2-13,23,25,31H,14-17H2,1H3,(H,28,32)/t23-,25+/m1/s1. The van der Waals surface area contributed by atoms with Crippen LogP contribution in [0.2, 0.25) is 0 Å². The summed E-state index contributed by atoms with van der Waals surface area (Å²) in [7, 11) is 1.58.